The van der Waals surface area contributed by atoms with Gasteiger partial charge in [0.05, 0.1) is 75.3 Å². The Labute approximate surface area is 355 Å². The highest BCUT2D eigenvalue weighted by atomic mass is 127. The molecule has 0 amide bonds. The van der Waals surface area contributed by atoms with E-state index in [2.05, 4.69) is 56.1 Å². The molecule has 0 aromatic carbocycles. The van der Waals surface area contributed by atoms with E-state index in [0.717, 1.165) is 81.3 Å². The molecule has 0 spiro atoms. The topological polar surface area (TPSA) is 36.9 Å². The van der Waals surface area contributed by atoms with E-state index in [1.807, 2.05) is 0 Å². The van der Waals surface area contributed by atoms with E-state index < -0.39 is 0 Å². The molecule has 0 unspecified atom stereocenters. The highest BCUT2D eigenvalue weighted by Gasteiger charge is 2.32. The summed E-state index contributed by atoms with van der Waals surface area (Å²) in [6.45, 7) is 13.1. The molecule has 0 radical (unpaired) electrons. The van der Waals surface area contributed by atoms with Crippen molar-refractivity contribution in [2.75, 3.05) is 108 Å². The second-order valence-corrected chi connectivity index (χ2v) is 17.5. The van der Waals surface area contributed by atoms with Crippen molar-refractivity contribution in [3.05, 3.63) is 0 Å². The molecule has 0 heterocycles. The standard InChI is InChI=1S/C43H92N2O4.2HI/c1-9-11-13-15-16-17-18-19-20-22-27-31-37-47-40-43(41-48-38-33-44(3,4)5,42-49-39-34-45(6,7)8)32-28-24-21-23-26-30-36-46-35-29-25-14-12-10-2;;/h9-42H2,1-8H3;2*1H/q+2;;/p-2. The van der Waals surface area contributed by atoms with Crippen LogP contribution in [0.4, 0.5) is 0 Å². The number of hydrogen-bond donors (Lipinski definition) is 0. The van der Waals surface area contributed by atoms with Gasteiger partial charge in [-0.05, 0) is 25.7 Å². The van der Waals surface area contributed by atoms with Crippen LogP contribution >= 0.6 is 0 Å². The first-order valence-electron chi connectivity index (χ1n) is 21.5. The molecule has 0 bridgehead atoms. The zero-order chi connectivity index (χ0) is 36.4. The van der Waals surface area contributed by atoms with Gasteiger partial charge in [0.1, 0.15) is 13.1 Å². The van der Waals surface area contributed by atoms with Crippen molar-refractivity contribution >= 4 is 0 Å². The van der Waals surface area contributed by atoms with Crippen molar-refractivity contribution in [2.24, 2.45) is 5.41 Å². The van der Waals surface area contributed by atoms with Gasteiger partial charge in [0.2, 0.25) is 0 Å². The molecule has 312 valence electrons. The van der Waals surface area contributed by atoms with E-state index in [4.69, 9.17) is 18.9 Å². The maximum atomic E-state index is 6.47. The van der Waals surface area contributed by atoms with Gasteiger partial charge in [0.25, 0.3) is 0 Å². The zero-order valence-electron chi connectivity index (χ0n) is 35.8. The van der Waals surface area contributed by atoms with Gasteiger partial charge in [-0.3, -0.25) is 0 Å². The molecule has 6 nitrogen and oxygen atoms in total. The van der Waals surface area contributed by atoms with Crippen LogP contribution < -0.4 is 48.0 Å². The average Bonchev–Trinajstić information content (AvgIpc) is 3.04. The number of unbranched alkanes of at least 4 members (excludes halogenated alkanes) is 20. The Morgan fingerprint density at radius 2 is 0.608 bits per heavy atom. The van der Waals surface area contributed by atoms with E-state index in [1.165, 1.54) is 148 Å². The van der Waals surface area contributed by atoms with Crippen LogP contribution in [0.5, 0.6) is 0 Å². The van der Waals surface area contributed by atoms with Gasteiger partial charge in [-0.2, -0.15) is 0 Å². The summed E-state index contributed by atoms with van der Waals surface area (Å²) in [6, 6.07) is 0. The largest absolute Gasteiger partial charge is 1.00 e. The normalized spacial score (nSPS) is 12.2. The minimum Gasteiger partial charge on any atom is -1.00 e. The van der Waals surface area contributed by atoms with Crippen molar-refractivity contribution in [3.8, 4) is 0 Å². The molecule has 0 saturated carbocycles. The van der Waals surface area contributed by atoms with Gasteiger partial charge >= 0.3 is 0 Å². The molecule has 51 heavy (non-hydrogen) atoms. The molecule has 0 aliphatic carbocycles. The van der Waals surface area contributed by atoms with Crippen LogP contribution in [0.15, 0.2) is 0 Å². The first-order chi connectivity index (χ1) is 23.5. The molecule has 0 aliphatic heterocycles. The monoisotopic (exact) mass is 955 g/mol. The Bertz CT molecular complexity index is 617. The van der Waals surface area contributed by atoms with Gasteiger partial charge in [-0.25, -0.2) is 0 Å². The summed E-state index contributed by atoms with van der Waals surface area (Å²) in [7, 11) is 13.4. The molecule has 8 heteroatoms. The fraction of sp³-hybridized carbons (Fsp3) is 1.00. The Hall–Kier alpha value is 1.22. The number of halogens is 2. The van der Waals surface area contributed by atoms with Gasteiger partial charge < -0.3 is 75.9 Å². The third-order valence-electron chi connectivity index (χ3n) is 9.82. The van der Waals surface area contributed by atoms with E-state index in [-0.39, 0.29) is 53.4 Å². The summed E-state index contributed by atoms with van der Waals surface area (Å²) < 4.78 is 27.0. The Morgan fingerprint density at radius 1 is 0.333 bits per heavy atom. The predicted molar refractivity (Wildman–Crippen MR) is 214 cm³/mol. The minimum absolute atomic E-state index is 0. The number of hydrogen-bond acceptors (Lipinski definition) is 4. The lowest BCUT2D eigenvalue weighted by atomic mass is 9.84. The summed E-state index contributed by atoms with van der Waals surface area (Å²) in [5.74, 6) is 0. The van der Waals surface area contributed by atoms with E-state index in [9.17, 15) is 0 Å². The molecular formula is C43H92I2N2O4. The van der Waals surface area contributed by atoms with Crippen molar-refractivity contribution in [1.29, 1.82) is 0 Å². The highest BCUT2D eigenvalue weighted by molar-refractivity contribution is 4.80. The van der Waals surface area contributed by atoms with Crippen LogP contribution in [0.25, 0.3) is 0 Å². The zero-order valence-corrected chi connectivity index (χ0v) is 40.1. The quantitative estimate of drug-likeness (QED) is 0.0501. The van der Waals surface area contributed by atoms with Gasteiger partial charge in [-0.1, -0.05) is 142 Å². The van der Waals surface area contributed by atoms with E-state index >= 15 is 0 Å². The number of ether oxygens (including phenoxy) is 4. The SMILES string of the molecule is CCCCCCCCCCCCCCOCC(CCCCCCCCOCCCCCCC)(COCC[N+](C)(C)C)COCC[N+](C)(C)C.[I-].[I-]. The summed E-state index contributed by atoms with van der Waals surface area (Å²) in [6.07, 6.45) is 31.7. The number of likely N-dealkylation sites (N-methyl/N-ethyl adjacent to an activating group) is 2. The fourth-order valence-corrected chi connectivity index (χ4v) is 6.25. The molecule has 0 aromatic rings. The molecule has 0 aromatic heterocycles. The molecule has 0 N–H and O–H groups in total. The van der Waals surface area contributed by atoms with Gasteiger partial charge in [0.15, 0.2) is 0 Å². The van der Waals surface area contributed by atoms with Crippen LogP contribution in [0.2, 0.25) is 0 Å². The molecular weight excluding hydrogens is 862 g/mol. The van der Waals surface area contributed by atoms with Gasteiger partial charge in [0, 0.05) is 25.2 Å². The van der Waals surface area contributed by atoms with Crippen molar-refractivity contribution < 1.29 is 75.9 Å². The van der Waals surface area contributed by atoms with E-state index in [1.54, 1.807) is 0 Å². The predicted octanol–water partition coefficient (Wildman–Crippen LogP) is 4.86. The number of rotatable bonds is 40. The lowest BCUT2D eigenvalue weighted by molar-refractivity contribution is -0.870. The van der Waals surface area contributed by atoms with Crippen molar-refractivity contribution in [2.45, 2.75) is 168 Å². The third-order valence-corrected chi connectivity index (χ3v) is 9.82. The number of quaternary nitrogens is 2. The molecule has 0 fully saturated rings. The second-order valence-electron chi connectivity index (χ2n) is 17.5. The number of nitrogens with zero attached hydrogens (tertiary/aromatic N) is 2. The van der Waals surface area contributed by atoms with Crippen LogP contribution in [0.1, 0.15) is 168 Å². The minimum atomic E-state index is -0.0716. The Morgan fingerprint density at radius 3 is 0.941 bits per heavy atom. The maximum Gasteiger partial charge on any atom is 0.102 e. The first-order valence-corrected chi connectivity index (χ1v) is 21.5. The highest BCUT2D eigenvalue weighted by Crippen LogP contribution is 2.28. The van der Waals surface area contributed by atoms with E-state index in [0.29, 0.717) is 0 Å². The molecule has 0 saturated heterocycles. The summed E-state index contributed by atoms with van der Waals surface area (Å²) >= 11 is 0. The fourth-order valence-electron chi connectivity index (χ4n) is 6.25. The van der Waals surface area contributed by atoms with Crippen molar-refractivity contribution in [3.63, 3.8) is 0 Å². The van der Waals surface area contributed by atoms with Gasteiger partial charge in [-0.15, -0.1) is 0 Å². The lowest BCUT2D eigenvalue weighted by Crippen LogP contribution is -3.00. The van der Waals surface area contributed by atoms with Crippen LogP contribution in [-0.4, -0.2) is 117 Å². The smallest absolute Gasteiger partial charge is 0.102 e. The summed E-state index contributed by atoms with van der Waals surface area (Å²) in [4.78, 5) is 0. The molecule has 0 rings (SSSR count). The third kappa shape index (κ3) is 43.8. The molecule has 0 atom stereocenters. The average molecular weight is 955 g/mol. The summed E-state index contributed by atoms with van der Waals surface area (Å²) in [5.41, 5.74) is -0.0716. The maximum absolute atomic E-state index is 6.47. The Balaban J connectivity index is -0.0000115. The van der Waals surface area contributed by atoms with Crippen LogP contribution in [-0.2, 0) is 18.9 Å². The van der Waals surface area contributed by atoms with Crippen LogP contribution in [0.3, 0.4) is 0 Å². The summed E-state index contributed by atoms with van der Waals surface area (Å²) in [5, 5.41) is 0. The van der Waals surface area contributed by atoms with Crippen molar-refractivity contribution in [1.82, 2.24) is 0 Å². The molecule has 0 aliphatic rings. The second kappa shape index (κ2) is 39.5. The first kappa shape index (κ1) is 56.6. The van der Waals surface area contributed by atoms with Crippen LogP contribution in [0, 0.1) is 5.41 Å². The lowest BCUT2D eigenvalue weighted by Gasteiger charge is -2.34. The Kier molecular flexibility index (Phi) is 43.7.